The second-order valence-electron chi connectivity index (χ2n) is 5.03. The van der Waals surface area contributed by atoms with Gasteiger partial charge in [-0.15, -0.1) is 0 Å². The van der Waals surface area contributed by atoms with Crippen LogP contribution in [0, 0.1) is 0 Å². The molecule has 2 nitrogen and oxygen atoms in total. The molecule has 2 aliphatic carbocycles. The van der Waals surface area contributed by atoms with E-state index in [0.29, 0.717) is 10.8 Å². The number of rotatable bonds is 1. The summed E-state index contributed by atoms with van der Waals surface area (Å²) in [6.07, 6.45) is 6.66. The van der Waals surface area contributed by atoms with Gasteiger partial charge in [0.15, 0.2) is 0 Å². The summed E-state index contributed by atoms with van der Waals surface area (Å²) < 4.78 is 23.2. The summed E-state index contributed by atoms with van der Waals surface area (Å²) in [5.41, 5.74) is 3.66. The van der Waals surface area contributed by atoms with Gasteiger partial charge in [0, 0.05) is 10.7 Å². The molecule has 0 spiro atoms. The number of halogens is 1. The lowest BCUT2D eigenvalue weighted by atomic mass is 9.73. The summed E-state index contributed by atoms with van der Waals surface area (Å²) in [5.74, 6) is 0.570. The molecule has 0 N–H and O–H groups in total. The van der Waals surface area contributed by atoms with Gasteiger partial charge in [-0.1, -0.05) is 6.07 Å². The average Bonchev–Trinajstić information content (AvgIpc) is 2.28. The van der Waals surface area contributed by atoms with Gasteiger partial charge in [0.05, 0.1) is 4.90 Å². The van der Waals surface area contributed by atoms with Crippen LogP contribution in [-0.4, -0.2) is 8.42 Å². The van der Waals surface area contributed by atoms with E-state index in [0.717, 1.165) is 24.8 Å². The lowest BCUT2D eigenvalue weighted by Gasteiger charge is -2.32. The molecule has 0 bridgehead atoms. The molecule has 0 saturated carbocycles. The van der Waals surface area contributed by atoms with Crippen molar-refractivity contribution in [3.8, 4) is 0 Å². The largest absolute Gasteiger partial charge is 0.261 e. The van der Waals surface area contributed by atoms with Crippen LogP contribution >= 0.6 is 10.7 Å². The fraction of sp³-hybridized carbons (Fsp3) is 0.538. The Labute approximate surface area is 106 Å². The summed E-state index contributed by atoms with van der Waals surface area (Å²) in [6.45, 7) is 0. The van der Waals surface area contributed by atoms with Crippen LogP contribution < -0.4 is 0 Å². The highest BCUT2D eigenvalue weighted by atomic mass is 35.7. The summed E-state index contributed by atoms with van der Waals surface area (Å²) >= 11 is 0. The highest BCUT2D eigenvalue weighted by Gasteiger charge is 2.30. The molecule has 1 aromatic carbocycles. The number of aryl methyl sites for hydroxylation is 1. The maximum Gasteiger partial charge on any atom is 0.261 e. The van der Waals surface area contributed by atoms with Crippen LogP contribution in [-0.2, 0) is 21.9 Å². The molecule has 1 aromatic rings. The molecule has 0 radical (unpaired) electrons. The zero-order valence-corrected chi connectivity index (χ0v) is 11.1. The van der Waals surface area contributed by atoms with Crippen LogP contribution in [0.3, 0.4) is 0 Å². The monoisotopic (exact) mass is 270 g/mol. The van der Waals surface area contributed by atoms with Crippen molar-refractivity contribution in [2.24, 2.45) is 0 Å². The Morgan fingerprint density at radius 1 is 1.12 bits per heavy atom. The van der Waals surface area contributed by atoms with Crippen molar-refractivity contribution in [3.63, 3.8) is 0 Å². The third-order valence-electron chi connectivity index (χ3n) is 4.05. The maximum atomic E-state index is 11.6. The topological polar surface area (TPSA) is 34.1 Å². The molecule has 2 aliphatic rings. The molecule has 17 heavy (non-hydrogen) atoms. The molecule has 1 unspecified atom stereocenters. The van der Waals surface area contributed by atoms with E-state index in [2.05, 4.69) is 0 Å². The van der Waals surface area contributed by atoms with Crippen LogP contribution in [0.2, 0.25) is 0 Å². The first-order valence-electron chi connectivity index (χ1n) is 6.16. The highest BCUT2D eigenvalue weighted by molar-refractivity contribution is 8.13. The quantitative estimate of drug-likeness (QED) is 0.733. The maximum absolute atomic E-state index is 11.6. The first-order valence-corrected chi connectivity index (χ1v) is 8.47. The van der Waals surface area contributed by atoms with Gasteiger partial charge in [-0.05, 0) is 67.2 Å². The third kappa shape index (κ3) is 1.89. The summed E-state index contributed by atoms with van der Waals surface area (Å²) in [4.78, 5) is 0.351. The standard InChI is InChI=1S/C13H15ClO2S/c14-17(15,16)12-8-7-10-4-1-3-9-5-2-6-11(12)13(9)10/h7-9H,1-6H2. The molecule has 0 aliphatic heterocycles. The predicted octanol–water partition coefficient (Wildman–Crippen LogP) is 3.37. The van der Waals surface area contributed by atoms with E-state index < -0.39 is 9.05 Å². The second-order valence-corrected chi connectivity index (χ2v) is 7.57. The van der Waals surface area contributed by atoms with E-state index in [1.165, 1.54) is 30.4 Å². The molecular weight excluding hydrogens is 256 g/mol. The molecular formula is C13H15ClO2S. The van der Waals surface area contributed by atoms with Gasteiger partial charge >= 0.3 is 0 Å². The average molecular weight is 271 g/mol. The minimum absolute atomic E-state index is 0.351. The predicted molar refractivity (Wildman–Crippen MR) is 68.1 cm³/mol. The van der Waals surface area contributed by atoms with Gasteiger partial charge < -0.3 is 0 Å². The second kappa shape index (κ2) is 3.99. The van der Waals surface area contributed by atoms with E-state index >= 15 is 0 Å². The van der Waals surface area contributed by atoms with Crippen molar-refractivity contribution >= 4 is 19.7 Å². The Morgan fingerprint density at radius 3 is 2.53 bits per heavy atom. The Hall–Kier alpha value is -0.540. The Kier molecular flexibility index (Phi) is 2.71. The lowest BCUT2D eigenvalue weighted by molar-refractivity contribution is 0.472. The molecule has 0 saturated heterocycles. The van der Waals surface area contributed by atoms with E-state index in [4.69, 9.17) is 10.7 Å². The van der Waals surface area contributed by atoms with E-state index in [-0.39, 0.29) is 0 Å². The number of hydrogen-bond acceptors (Lipinski definition) is 2. The number of benzene rings is 1. The van der Waals surface area contributed by atoms with Gasteiger partial charge in [-0.3, -0.25) is 0 Å². The fourth-order valence-corrected chi connectivity index (χ4v) is 4.57. The Balaban J connectivity index is 2.27. The van der Waals surface area contributed by atoms with Crippen molar-refractivity contribution in [1.82, 2.24) is 0 Å². The number of hydrogen-bond donors (Lipinski definition) is 0. The molecule has 1 atom stereocenters. The van der Waals surface area contributed by atoms with Crippen molar-refractivity contribution in [2.75, 3.05) is 0 Å². The van der Waals surface area contributed by atoms with Gasteiger partial charge in [0.1, 0.15) is 0 Å². The minimum atomic E-state index is -3.60. The van der Waals surface area contributed by atoms with Crippen LogP contribution in [0.1, 0.15) is 48.3 Å². The SMILES string of the molecule is O=S(=O)(Cl)c1ccc2c3c1CCCC3CCC2. The lowest BCUT2D eigenvalue weighted by Crippen LogP contribution is -2.19. The smallest absolute Gasteiger partial charge is 0.207 e. The summed E-state index contributed by atoms with van der Waals surface area (Å²) in [6, 6.07) is 3.66. The highest BCUT2D eigenvalue weighted by Crippen LogP contribution is 2.43. The third-order valence-corrected chi connectivity index (χ3v) is 5.46. The first-order chi connectivity index (χ1) is 8.07. The normalized spacial score (nSPS) is 23.2. The van der Waals surface area contributed by atoms with Crippen LogP contribution in [0.4, 0.5) is 0 Å². The molecule has 0 aromatic heterocycles. The minimum Gasteiger partial charge on any atom is -0.207 e. The zero-order chi connectivity index (χ0) is 12.0. The molecule has 92 valence electrons. The van der Waals surface area contributed by atoms with E-state index in [9.17, 15) is 8.42 Å². The summed E-state index contributed by atoms with van der Waals surface area (Å²) in [7, 11) is 1.93. The molecule has 0 heterocycles. The van der Waals surface area contributed by atoms with Crippen LogP contribution in [0.15, 0.2) is 17.0 Å². The summed E-state index contributed by atoms with van der Waals surface area (Å²) in [5, 5.41) is 0. The zero-order valence-electron chi connectivity index (χ0n) is 9.58. The van der Waals surface area contributed by atoms with Crippen molar-refractivity contribution in [1.29, 1.82) is 0 Å². The Morgan fingerprint density at radius 2 is 1.82 bits per heavy atom. The van der Waals surface area contributed by atoms with Crippen molar-refractivity contribution in [2.45, 2.75) is 49.3 Å². The van der Waals surface area contributed by atoms with Crippen LogP contribution in [0.25, 0.3) is 0 Å². The van der Waals surface area contributed by atoms with Gasteiger partial charge in [0.2, 0.25) is 0 Å². The Bertz CT molecular complexity index is 561. The van der Waals surface area contributed by atoms with Gasteiger partial charge in [0.25, 0.3) is 9.05 Å². The van der Waals surface area contributed by atoms with E-state index in [1.807, 2.05) is 6.07 Å². The molecule has 0 fully saturated rings. The van der Waals surface area contributed by atoms with E-state index in [1.54, 1.807) is 6.07 Å². The molecule has 3 rings (SSSR count). The van der Waals surface area contributed by atoms with Gasteiger partial charge in [-0.2, -0.15) is 0 Å². The molecule has 0 amide bonds. The van der Waals surface area contributed by atoms with Crippen molar-refractivity contribution < 1.29 is 8.42 Å². The van der Waals surface area contributed by atoms with Crippen molar-refractivity contribution in [3.05, 3.63) is 28.8 Å². The fourth-order valence-electron chi connectivity index (χ4n) is 3.40. The van der Waals surface area contributed by atoms with Gasteiger partial charge in [-0.25, -0.2) is 8.42 Å². The first kappa shape index (κ1) is 11.5. The molecule has 4 heteroatoms. The van der Waals surface area contributed by atoms with Crippen LogP contribution in [0.5, 0.6) is 0 Å².